The lowest BCUT2D eigenvalue weighted by Crippen LogP contribution is -2.50. The van der Waals surface area contributed by atoms with Crippen molar-refractivity contribution in [2.75, 3.05) is 26.4 Å². The van der Waals surface area contributed by atoms with Crippen LogP contribution in [0.15, 0.2) is 72.8 Å². The van der Waals surface area contributed by atoms with Gasteiger partial charge < -0.3 is 19.6 Å². The number of fused-ring (bicyclic) bond motifs is 4. The molecule has 3 aromatic carbocycles. The van der Waals surface area contributed by atoms with Gasteiger partial charge in [-0.2, -0.15) is 0 Å². The summed E-state index contributed by atoms with van der Waals surface area (Å²) in [5, 5.41) is 3.20. The Hall–Kier alpha value is -4.50. The molecule has 2 heterocycles. The van der Waals surface area contributed by atoms with E-state index in [1.807, 2.05) is 36.4 Å². The maximum Gasteiger partial charge on any atom is 0.407 e. The number of carbonyl (C=O) groups excluding carboxylic acids is 4. The molecule has 6 rings (SSSR count). The van der Waals surface area contributed by atoms with Crippen LogP contribution >= 0.6 is 0 Å². The van der Waals surface area contributed by atoms with E-state index in [1.54, 1.807) is 12.1 Å². The van der Waals surface area contributed by atoms with Crippen molar-refractivity contribution in [3.8, 4) is 11.1 Å². The quantitative estimate of drug-likeness (QED) is 0.482. The molecule has 1 aliphatic carbocycles. The molecule has 0 aromatic heterocycles. The van der Waals surface area contributed by atoms with Gasteiger partial charge in [-0.25, -0.2) is 9.59 Å². The third-order valence-corrected chi connectivity index (χ3v) is 7.73. The van der Waals surface area contributed by atoms with Crippen LogP contribution in [0.1, 0.15) is 50.6 Å². The van der Waals surface area contributed by atoms with Crippen molar-refractivity contribution in [3.63, 3.8) is 0 Å². The third kappa shape index (κ3) is 4.34. The molecular weight excluding hydrogens is 500 g/mol. The Morgan fingerprint density at radius 3 is 1.90 bits per heavy atom. The van der Waals surface area contributed by atoms with Gasteiger partial charge in [-0.1, -0.05) is 65.7 Å². The Kier molecular flexibility index (Phi) is 6.36. The van der Waals surface area contributed by atoms with Gasteiger partial charge in [0.05, 0.1) is 16.5 Å². The van der Waals surface area contributed by atoms with Gasteiger partial charge in [-0.15, -0.1) is 0 Å². The Morgan fingerprint density at radius 1 is 0.821 bits per heavy atom. The number of amides is 3. The summed E-state index contributed by atoms with van der Waals surface area (Å²) in [5.41, 5.74) is 3.60. The van der Waals surface area contributed by atoms with E-state index in [0.29, 0.717) is 5.06 Å². The summed E-state index contributed by atoms with van der Waals surface area (Å²) in [7, 11) is 0. The first-order chi connectivity index (χ1) is 19.0. The first-order valence-electron chi connectivity index (χ1n) is 12.9. The minimum atomic E-state index is -1.18. The number of benzene rings is 3. The fourth-order valence-electron chi connectivity index (χ4n) is 5.54. The molecule has 3 aliphatic rings. The fraction of sp³-hybridized carbons (Fsp3) is 0.267. The minimum Gasteiger partial charge on any atom is -0.449 e. The highest BCUT2D eigenvalue weighted by atomic mass is 16.7. The van der Waals surface area contributed by atoms with Crippen LogP contribution in [-0.2, 0) is 19.1 Å². The first-order valence-corrected chi connectivity index (χ1v) is 12.9. The lowest BCUT2D eigenvalue weighted by atomic mass is 9.80. The summed E-state index contributed by atoms with van der Waals surface area (Å²) in [6, 6.07) is 22.4. The average molecular weight is 527 g/mol. The molecule has 0 saturated carbocycles. The van der Waals surface area contributed by atoms with Crippen LogP contribution in [0.25, 0.3) is 11.1 Å². The number of hydrogen-bond acceptors (Lipinski definition) is 7. The fourth-order valence-corrected chi connectivity index (χ4v) is 5.54. The maximum atomic E-state index is 13.4. The second kappa shape index (κ2) is 9.99. The number of hydroxylamine groups is 2. The normalized spacial score (nSPS) is 17.3. The number of nitrogens with zero attached hydrogens (tertiary/aromatic N) is 1. The molecule has 0 atom stereocenters. The molecular formula is C30H26N2O7. The summed E-state index contributed by atoms with van der Waals surface area (Å²) in [5.74, 6) is -2.27. The Balaban J connectivity index is 1.11. The number of carbonyl (C=O) groups is 4. The van der Waals surface area contributed by atoms with Crippen molar-refractivity contribution < 1.29 is 33.5 Å². The molecule has 2 aliphatic heterocycles. The molecule has 3 amide bonds. The number of ether oxygens (including phenoxy) is 2. The van der Waals surface area contributed by atoms with E-state index in [0.717, 1.165) is 22.3 Å². The zero-order chi connectivity index (χ0) is 27.0. The summed E-state index contributed by atoms with van der Waals surface area (Å²) in [4.78, 5) is 56.9. The van der Waals surface area contributed by atoms with E-state index in [2.05, 4.69) is 17.4 Å². The van der Waals surface area contributed by atoms with E-state index in [9.17, 15) is 19.2 Å². The van der Waals surface area contributed by atoms with Crippen LogP contribution in [0, 0.1) is 5.41 Å². The van der Waals surface area contributed by atoms with Gasteiger partial charge >= 0.3 is 12.1 Å². The third-order valence-electron chi connectivity index (χ3n) is 7.73. The highest BCUT2D eigenvalue weighted by Gasteiger charge is 2.47. The lowest BCUT2D eigenvalue weighted by Gasteiger charge is -2.35. The molecule has 1 fully saturated rings. The van der Waals surface area contributed by atoms with Crippen LogP contribution < -0.4 is 5.32 Å². The molecule has 39 heavy (non-hydrogen) atoms. The van der Waals surface area contributed by atoms with Gasteiger partial charge in [0.25, 0.3) is 11.8 Å². The van der Waals surface area contributed by atoms with Crippen molar-refractivity contribution in [3.05, 3.63) is 95.1 Å². The van der Waals surface area contributed by atoms with E-state index in [-0.39, 0.29) is 56.3 Å². The number of nitrogens with one attached hydrogen (secondary N) is 1. The zero-order valence-corrected chi connectivity index (χ0v) is 21.1. The number of alkyl carbamates (subject to hydrolysis) is 1. The smallest absolute Gasteiger partial charge is 0.407 e. The predicted octanol–water partition coefficient (Wildman–Crippen LogP) is 4.08. The monoisotopic (exact) mass is 526 g/mol. The van der Waals surface area contributed by atoms with Crippen LogP contribution in [0.3, 0.4) is 0 Å². The molecule has 0 spiro atoms. The molecule has 0 bridgehead atoms. The zero-order valence-electron chi connectivity index (χ0n) is 21.1. The topological polar surface area (TPSA) is 111 Å². The number of imide groups is 1. The number of rotatable bonds is 6. The summed E-state index contributed by atoms with van der Waals surface area (Å²) in [6.45, 7) is 0.581. The first kappa shape index (κ1) is 24.8. The van der Waals surface area contributed by atoms with E-state index < -0.39 is 29.3 Å². The lowest BCUT2D eigenvalue weighted by molar-refractivity contribution is -0.186. The number of hydrogen-bond donors (Lipinski definition) is 1. The van der Waals surface area contributed by atoms with E-state index in [1.165, 1.54) is 12.1 Å². The van der Waals surface area contributed by atoms with Crippen LogP contribution in [-0.4, -0.2) is 55.3 Å². The van der Waals surface area contributed by atoms with Gasteiger partial charge in [0, 0.05) is 25.7 Å². The second-order valence-electron chi connectivity index (χ2n) is 9.90. The summed E-state index contributed by atoms with van der Waals surface area (Å²) in [6.07, 6.45) is -0.173. The standard InChI is InChI=1S/C30H26N2O7/c33-26-23-11-5-6-12-24(23)27(34)32(26)39-28(35)30(13-15-37-16-14-30)18-31-29(36)38-17-25-21-9-3-1-7-19(21)20-8-2-4-10-22(20)25/h1-12,25H,13-18H2,(H,31,36). The SMILES string of the molecule is O=C(NCC1(C(=O)ON2C(=O)c3ccccc3C2=O)CCOCC1)OCC1c2ccccc2-c2ccccc21. The summed E-state index contributed by atoms with van der Waals surface area (Å²) < 4.78 is 11.0. The van der Waals surface area contributed by atoms with Crippen molar-refractivity contribution >= 4 is 23.9 Å². The molecule has 9 heteroatoms. The van der Waals surface area contributed by atoms with Crippen molar-refractivity contribution in [2.24, 2.45) is 5.41 Å². The second-order valence-corrected chi connectivity index (χ2v) is 9.90. The van der Waals surface area contributed by atoms with Gasteiger partial charge in [0.15, 0.2) is 0 Å². The highest BCUT2D eigenvalue weighted by molar-refractivity contribution is 6.20. The van der Waals surface area contributed by atoms with E-state index in [4.69, 9.17) is 14.3 Å². The van der Waals surface area contributed by atoms with Crippen LogP contribution in [0.5, 0.6) is 0 Å². The molecule has 0 radical (unpaired) electrons. The Labute approximate surface area is 224 Å². The highest BCUT2D eigenvalue weighted by Crippen LogP contribution is 2.44. The maximum absolute atomic E-state index is 13.4. The summed E-state index contributed by atoms with van der Waals surface area (Å²) >= 11 is 0. The van der Waals surface area contributed by atoms with Gasteiger partial charge in [0.2, 0.25) is 0 Å². The molecule has 9 nitrogen and oxygen atoms in total. The van der Waals surface area contributed by atoms with Crippen LogP contribution in [0.2, 0.25) is 0 Å². The Bertz CT molecular complexity index is 1400. The molecule has 1 N–H and O–H groups in total. The van der Waals surface area contributed by atoms with Crippen molar-refractivity contribution in [2.45, 2.75) is 18.8 Å². The Morgan fingerprint density at radius 2 is 1.33 bits per heavy atom. The van der Waals surface area contributed by atoms with Crippen molar-refractivity contribution in [1.82, 2.24) is 10.4 Å². The average Bonchev–Trinajstić information content (AvgIpc) is 3.42. The molecule has 1 saturated heterocycles. The predicted molar refractivity (Wildman–Crippen MR) is 139 cm³/mol. The van der Waals surface area contributed by atoms with Crippen LogP contribution in [0.4, 0.5) is 4.79 Å². The molecule has 0 unspecified atom stereocenters. The van der Waals surface area contributed by atoms with Gasteiger partial charge in [0.1, 0.15) is 6.61 Å². The van der Waals surface area contributed by atoms with Crippen molar-refractivity contribution in [1.29, 1.82) is 0 Å². The van der Waals surface area contributed by atoms with Gasteiger partial charge in [-0.3, -0.25) is 9.59 Å². The molecule has 3 aromatic rings. The minimum absolute atomic E-state index is 0.0883. The molecule has 198 valence electrons. The largest absolute Gasteiger partial charge is 0.449 e. The van der Waals surface area contributed by atoms with Gasteiger partial charge in [-0.05, 0) is 47.2 Å². The van der Waals surface area contributed by atoms with E-state index >= 15 is 0 Å².